The van der Waals surface area contributed by atoms with E-state index in [0.717, 1.165) is 13.0 Å². The average molecular weight is 283 g/mol. The molecule has 1 saturated heterocycles. The number of carbonyl (C=O) groups is 1. The molecule has 1 aromatic heterocycles. The van der Waals surface area contributed by atoms with Crippen LogP contribution in [0.15, 0.2) is 6.20 Å². The molecule has 5 nitrogen and oxygen atoms in total. The van der Waals surface area contributed by atoms with Crippen LogP contribution in [0.5, 0.6) is 0 Å². The average Bonchev–Trinajstić information content (AvgIpc) is 2.87. The molecule has 104 valence electrons. The number of nitrogens with zero attached hydrogens (tertiary/aromatic N) is 3. The predicted octanol–water partition coefficient (Wildman–Crippen LogP) is 1.67. The largest absolute Gasteiger partial charge is 0.337 e. The standard InChI is InChI=1S/C13H19ClN4O/c1-8(2)12-16-6-10(14)11(17-12)13(19)18-4-3-9(5-15)7-18/h6,8-9H,3-5,7,15H2,1-2H3. The van der Waals surface area contributed by atoms with Crippen LogP contribution in [0.25, 0.3) is 0 Å². The highest BCUT2D eigenvalue weighted by molar-refractivity contribution is 6.33. The lowest BCUT2D eigenvalue weighted by atomic mass is 10.1. The van der Waals surface area contributed by atoms with Gasteiger partial charge in [-0.1, -0.05) is 25.4 Å². The maximum Gasteiger partial charge on any atom is 0.274 e. The van der Waals surface area contributed by atoms with E-state index in [9.17, 15) is 4.79 Å². The van der Waals surface area contributed by atoms with Crippen molar-refractivity contribution in [2.24, 2.45) is 11.7 Å². The van der Waals surface area contributed by atoms with E-state index in [-0.39, 0.29) is 11.8 Å². The van der Waals surface area contributed by atoms with Gasteiger partial charge in [-0.3, -0.25) is 4.79 Å². The zero-order valence-electron chi connectivity index (χ0n) is 11.3. The number of nitrogens with two attached hydrogens (primary N) is 1. The van der Waals surface area contributed by atoms with Crippen LogP contribution in [0, 0.1) is 5.92 Å². The molecule has 0 spiro atoms. The van der Waals surface area contributed by atoms with Gasteiger partial charge in [0.2, 0.25) is 0 Å². The first kappa shape index (κ1) is 14.2. The van der Waals surface area contributed by atoms with Gasteiger partial charge in [-0.2, -0.15) is 0 Å². The highest BCUT2D eigenvalue weighted by atomic mass is 35.5. The van der Waals surface area contributed by atoms with Gasteiger partial charge in [-0.15, -0.1) is 0 Å². The molecule has 0 radical (unpaired) electrons. The van der Waals surface area contributed by atoms with Crippen LogP contribution in [0.2, 0.25) is 5.02 Å². The van der Waals surface area contributed by atoms with Crippen molar-refractivity contribution in [3.63, 3.8) is 0 Å². The van der Waals surface area contributed by atoms with Crippen LogP contribution in [-0.2, 0) is 0 Å². The third kappa shape index (κ3) is 3.04. The molecule has 0 aliphatic carbocycles. The molecule has 0 bridgehead atoms. The molecule has 1 fully saturated rings. The van der Waals surface area contributed by atoms with Crippen molar-refractivity contribution in [2.45, 2.75) is 26.2 Å². The summed E-state index contributed by atoms with van der Waals surface area (Å²) < 4.78 is 0. The summed E-state index contributed by atoms with van der Waals surface area (Å²) in [7, 11) is 0. The minimum Gasteiger partial charge on any atom is -0.337 e. The predicted molar refractivity (Wildman–Crippen MR) is 74.2 cm³/mol. The van der Waals surface area contributed by atoms with E-state index in [1.165, 1.54) is 6.20 Å². The summed E-state index contributed by atoms with van der Waals surface area (Å²) >= 11 is 6.05. The van der Waals surface area contributed by atoms with E-state index in [1.54, 1.807) is 4.90 Å². The number of halogens is 1. The molecule has 0 aromatic carbocycles. The Bertz CT molecular complexity index is 478. The number of likely N-dealkylation sites (tertiary alicyclic amines) is 1. The lowest BCUT2D eigenvalue weighted by Crippen LogP contribution is -2.31. The molecule has 2 N–H and O–H groups in total. The van der Waals surface area contributed by atoms with Crippen molar-refractivity contribution in [3.05, 3.63) is 22.7 Å². The maximum absolute atomic E-state index is 12.4. The Morgan fingerprint density at radius 2 is 2.37 bits per heavy atom. The molecule has 1 aliphatic heterocycles. The van der Waals surface area contributed by atoms with Crippen molar-refractivity contribution in [2.75, 3.05) is 19.6 Å². The number of hydrogen-bond acceptors (Lipinski definition) is 4. The van der Waals surface area contributed by atoms with Crippen LogP contribution >= 0.6 is 11.6 Å². The second-order valence-electron chi connectivity index (χ2n) is 5.22. The van der Waals surface area contributed by atoms with Crippen LogP contribution < -0.4 is 5.73 Å². The van der Waals surface area contributed by atoms with Gasteiger partial charge < -0.3 is 10.6 Å². The number of rotatable bonds is 3. The summed E-state index contributed by atoms with van der Waals surface area (Å²) in [5, 5.41) is 0.311. The van der Waals surface area contributed by atoms with E-state index in [4.69, 9.17) is 17.3 Å². The summed E-state index contributed by atoms with van der Waals surface area (Å²) in [4.78, 5) is 22.6. The van der Waals surface area contributed by atoms with Gasteiger partial charge in [0.1, 0.15) is 5.82 Å². The topological polar surface area (TPSA) is 72.1 Å². The lowest BCUT2D eigenvalue weighted by molar-refractivity contribution is 0.0781. The Hall–Kier alpha value is -1.20. The van der Waals surface area contributed by atoms with E-state index in [1.807, 2.05) is 13.8 Å². The Kier molecular flexibility index (Phi) is 4.37. The summed E-state index contributed by atoms with van der Waals surface area (Å²) in [6.45, 7) is 5.98. The second kappa shape index (κ2) is 5.84. The fourth-order valence-corrected chi connectivity index (χ4v) is 2.34. The first-order chi connectivity index (χ1) is 9.02. The second-order valence-corrected chi connectivity index (χ2v) is 5.63. The van der Waals surface area contributed by atoms with E-state index >= 15 is 0 Å². The molecule has 2 heterocycles. The summed E-state index contributed by atoms with van der Waals surface area (Å²) in [5.74, 6) is 1.07. The number of hydrogen-bond donors (Lipinski definition) is 1. The minimum absolute atomic E-state index is 0.120. The Labute approximate surface area is 118 Å². The van der Waals surface area contributed by atoms with E-state index in [2.05, 4.69) is 9.97 Å². The molecule has 1 aromatic rings. The van der Waals surface area contributed by atoms with Gasteiger partial charge in [-0.25, -0.2) is 9.97 Å². The Morgan fingerprint density at radius 3 is 2.95 bits per heavy atom. The highest BCUT2D eigenvalue weighted by Gasteiger charge is 2.28. The molecule has 1 amide bonds. The smallest absolute Gasteiger partial charge is 0.274 e. The fourth-order valence-electron chi connectivity index (χ4n) is 2.17. The molecule has 2 rings (SSSR count). The summed E-state index contributed by atoms with van der Waals surface area (Å²) in [6.07, 6.45) is 2.45. The van der Waals surface area contributed by atoms with Crippen molar-refractivity contribution in [1.82, 2.24) is 14.9 Å². The Morgan fingerprint density at radius 1 is 1.63 bits per heavy atom. The fraction of sp³-hybridized carbons (Fsp3) is 0.615. The van der Waals surface area contributed by atoms with E-state index in [0.29, 0.717) is 35.5 Å². The van der Waals surface area contributed by atoms with Gasteiger partial charge in [0.05, 0.1) is 11.2 Å². The van der Waals surface area contributed by atoms with Gasteiger partial charge in [0.25, 0.3) is 5.91 Å². The van der Waals surface area contributed by atoms with Crippen molar-refractivity contribution in [1.29, 1.82) is 0 Å². The molecular formula is C13H19ClN4O. The highest BCUT2D eigenvalue weighted by Crippen LogP contribution is 2.22. The molecule has 1 aliphatic rings. The zero-order chi connectivity index (χ0) is 14.0. The van der Waals surface area contributed by atoms with E-state index < -0.39 is 0 Å². The Balaban J connectivity index is 2.21. The monoisotopic (exact) mass is 282 g/mol. The van der Waals surface area contributed by atoms with Crippen LogP contribution in [0.4, 0.5) is 0 Å². The number of aromatic nitrogens is 2. The van der Waals surface area contributed by atoms with Crippen LogP contribution in [0.1, 0.15) is 42.5 Å². The summed E-state index contributed by atoms with van der Waals surface area (Å²) in [6, 6.07) is 0. The van der Waals surface area contributed by atoms with Crippen molar-refractivity contribution >= 4 is 17.5 Å². The molecule has 1 atom stereocenters. The normalized spacial score (nSPS) is 19.2. The first-order valence-corrected chi connectivity index (χ1v) is 6.92. The molecule has 1 unspecified atom stereocenters. The first-order valence-electron chi connectivity index (χ1n) is 6.54. The molecular weight excluding hydrogens is 264 g/mol. The minimum atomic E-state index is -0.120. The van der Waals surface area contributed by atoms with Crippen LogP contribution in [-0.4, -0.2) is 40.4 Å². The van der Waals surface area contributed by atoms with Crippen molar-refractivity contribution in [3.8, 4) is 0 Å². The lowest BCUT2D eigenvalue weighted by Gasteiger charge is -2.17. The van der Waals surface area contributed by atoms with Crippen molar-refractivity contribution < 1.29 is 4.79 Å². The van der Waals surface area contributed by atoms with Gasteiger partial charge in [0, 0.05) is 19.0 Å². The SMILES string of the molecule is CC(C)c1ncc(Cl)c(C(=O)N2CCC(CN)C2)n1. The maximum atomic E-state index is 12.4. The van der Waals surface area contributed by atoms with Gasteiger partial charge >= 0.3 is 0 Å². The summed E-state index contributed by atoms with van der Waals surface area (Å²) in [5.41, 5.74) is 5.94. The van der Waals surface area contributed by atoms with Crippen LogP contribution in [0.3, 0.4) is 0 Å². The molecule has 6 heteroatoms. The third-order valence-corrected chi connectivity index (χ3v) is 3.66. The third-order valence-electron chi connectivity index (χ3n) is 3.39. The number of amides is 1. The quantitative estimate of drug-likeness (QED) is 0.915. The molecule has 19 heavy (non-hydrogen) atoms. The zero-order valence-corrected chi connectivity index (χ0v) is 12.0. The van der Waals surface area contributed by atoms with Gasteiger partial charge in [-0.05, 0) is 18.9 Å². The van der Waals surface area contributed by atoms with Gasteiger partial charge in [0.15, 0.2) is 5.69 Å². The molecule has 0 saturated carbocycles. The number of carbonyl (C=O) groups excluding carboxylic acids is 1.